The average molecular weight is 301 g/mol. The largest absolute Gasteiger partial charge is 0.332 e. The standard InChI is InChI=1S/C16H19N3OS/c1-11-5-3-4-6-13(11)15-18-14(10-21-15)16(20)19-8-7-17-9-12(19)2/h3-6,10,12,17H,7-9H2,1-2H3/t12-/m1/s1. The molecule has 2 aromatic rings. The third-order valence-corrected chi connectivity index (χ3v) is 4.74. The lowest BCUT2D eigenvalue weighted by Gasteiger charge is -2.33. The first-order valence-electron chi connectivity index (χ1n) is 7.20. The number of hydrogen-bond acceptors (Lipinski definition) is 4. The van der Waals surface area contributed by atoms with Crippen LogP contribution in [0.25, 0.3) is 10.6 Å². The van der Waals surface area contributed by atoms with Gasteiger partial charge in [-0.05, 0) is 19.4 Å². The van der Waals surface area contributed by atoms with Gasteiger partial charge < -0.3 is 10.2 Å². The van der Waals surface area contributed by atoms with E-state index in [1.165, 1.54) is 16.9 Å². The highest BCUT2D eigenvalue weighted by atomic mass is 32.1. The number of thiazole rings is 1. The van der Waals surface area contributed by atoms with Gasteiger partial charge in [-0.2, -0.15) is 0 Å². The molecule has 3 rings (SSSR count). The first-order chi connectivity index (χ1) is 10.2. The van der Waals surface area contributed by atoms with Gasteiger partial charge in [0.25, 0.3) is 5.91 Å². The number of carbonyl (C=O) groups is 1. The minimum atomic E-state index is 0.0417. The second-order valence-electron chi connectivity index (χ2n) is 5.40. The fourth-order valence-corrected chi connectivity index (χ4v) is 3.48. The van der Waals surface area contributed by atoms with E-state index in [4.69, 9.17) is 0 Å². The minimum Gasteiger partial charge on any atom is -0.332 e. The van der Waals surface area contributed by atoms with E-state index in [1.54, 1.807) is 0 Å². The zero-order valence-corrected chi connectivity index (χ0v) is 13.1. The number of hydrogen-bond donors (Lipinski definition) is 1. The van der Waals surface area contributed by atoms with Gasteiger partial charge in [-0.15, -0.1) is 11.3 Å². The first kappa shape index (κ1) is 14.2. The van der Waals surface area contributed by atoms with E-state index in [0.29, 0.717) is 5.69 Å². The highest BCUT2D eigenvalue weighted by molar-refractivity contribution is 7.13. The first-order valence-corrected chi connectivity index (χ1v) is 8.08. The third kappa shape index (κ3) is 2.84. The zero-order valence-electron chi connectivity index (χ0n) is 12.3. The second kappa shape index (κ2) is 5.95. The van der Waals surface area contributed by atoms with Crippen LogP contribution < -0.4 is 5.32 Å². The Bertz CT molecular complexity index is 652. The molecule has 1 saturated heterocycles. The van der Waals surface area contributed by atoms with Crippen molar-refractivity contribution in [1.29, 1.82) is 0 Å². The predicted octanol–water partition coefficient (Wildman–Crippen LogP) is 2.55. The minimum absolute atomic E-state index is 0.0417. The van der Waals surface area contributed by atoms with Gasteiger partial charge in [0.1, 0.15) is 10.7 Å². The van der Waals surface area contributed by atoms with Gasteiger partial charge in [-0.25, -0.2) is 4.98 Å². The van der Waals surface area contributed by atoms with Gasteiger partial charge in [-0.1, -0.05) is 24.3 Å². The maximum absolute atomic E-state index is 12.6. The number of aromatic nitrogens is 1. The number of amides is 1. The van der Waals surface area contributed by atoms with E-state index < -0.39 is 0 Å². The molecule has 4 nitrogen and oxygen atoms in total. The fourth-order valence-electron chi connectivity index (χ4n) is 2.60. The Hall–Kier alpha value is -1.72. The molecule has 0 saturated carbocycles. The van der Waals surface area contributed by atoms with E-state index in [9.17, 15) is 4.79 Å². The Labute approximate surface area is 128 Å². The molecule has 2 heterocycles. The van der Waals surface area contributed by atoms with E-state index in [1.807, 2.05) is 22.4 Å². The van der Waals surface area contributed by atoms with Crippen molar-refractivity contribution < 1.29 is 4.79 Å². The summed E-state index contributed by atoms with van der Waals surface area (Å²) >= 11 is 1.54. The van der Waals surface area contributed by atoms with Gasteiger partial charge in [0.15, 0.2) is 0 Å². The summed E-state index contributed by atoms with van der Waals surface area (Å²) in [7, 11) is 0. The molecule has 1 N–H and O–H groups in total. The molecule has 21 heavy (non-hydrogen) atoms. The van der Waals surface area contributed by atoms with Gasteiger partial charge in [0, 0.05) is 36.6 Å². The molecule has 1 aromatic heterocycles. The fraction of sp³-hybridized carbons (Fsp3) is 0.375. The van der Waals surface area contributed by atoms with Gasteiger partial charge >= 0.3 is 0 Å². The van der Waals surface area contributed by atoms with Crippen molar-refractivity contribution in [3.05, 3.63) is 40.9 Å². The Morgan fingerprint density at radius 3 is 3.00 bits per heavy atom. The summed E-state index contributed by atoms with van der Waals surface area (Å²) in [4.78, 5) is 19.0. The highest BCUT2D eigenvalue weighted by Gasteiger charge is 2.25. The Morgan fingerprint density at radius 1 is 1.43 bits per heavy atom. The van der Waals surface area contributed by atoms with Crippen molar-refractivity contribution in [2.24, 2.45) is 0 Å². The smallest absolute Gasteiger partial charge is 0.273 e. The third-order valence-electron chi connectivity index (χ3n) is 3.86. The van der Waals surface area contributed by atoms with Crippen LogP contribution in [0, 0.1) is 6.92 Å². The monoisotopic (exact) mass is 301 g/mol. The summed E-state index contributed by atoms with van der Waals surface area (Å²) < 4.78 is 0. The normalized spacial score (nSPS) is 18.8. The van der Waals surface area contributed by atoms with E-state index >= 15 is 0 Å². The predicted molar refractivity (Wildman–Crippen MR) is 85.7 cm³/mol. The van der Waals surface area contributed by atoms with Crippen LogP contribution in [0.1, 0.15) is 23.0 Å². The SMILES string of the molecule is Cc1ccccc1-c1nc(C(=O)N2CCNC[C@H]2C)cs1. The number of benzene rings is 1. The van der Waals surface area contributed by atoms with E-state index in [2.05, 4.69) is 36.3 Å². The van der Waals surface area contributed by atoms with E-state index in [0.717, 1.165) is 30.2 Å². The maximum Gasteiger partial charge on any atom is 0.273 e. The van der Waals surface area contributed by atoms with Crippen molar-refractivity contribution in [3.63, 3.8) is 0 Å². The van der Waals surface area contributed by atoms with Gasteiger partial charge in [0.2, 0.25) is 0 Å². The Balaban J connectivity index is 1.85. The summed E-state index contributed by atoms with van der Waals surface area (Å²) in [5, 5.41) is 6.09. The quantitative estimate of drug-likeness (QED) is 0.927. The number of carbonyl (C=O) groups excluding carboxylic acids is 1. The Morgan fingerprint density at radius 2 is 2.24 bits per heavy atom. The molecule has 1 fully saturated rings. The van der Waals surface area contributed by atoms with Crippen LogP contribution in [0.2, 0.25) is 0 Å². The van der Waals surface area contributed by atoms with Gasteiger partial charge in [0.05, 0.1) is 0 Å². The van der Waals surface area contributed by atoms with Gasteiger partial charge in [-0.3, -0.25) is 4.79 Å². The highest BCUT2D eigenvalue weighted by Crippen LogP contribution is 2.27. The van der Waals surface area contributed by atoms with Crippen LogP contribution in [0.5, 0.6) is 0 Å². The second-order valence-corrected chi connectivity index (χ2v) is 6.26. The molecule has 0 unspecified atom stereocenters. The van der Waals surface area contributed by atoms with Crippen molar-refractivity contribution in [2.75, 3.05) is 19.6 Å². The lowest BCUT2D eigenvalue weighted by atomic mass is 10.1. The van der Waals surface area contributed by atoms with Crippen LogP contribution in [0.3, 0.4) is 0 Å². The van der Waals surface area contributed by atoms with Crippen LogP contribution in [0.15, 0.2) is 29.6 Å². The van der Waals surface area contributed by atoms with Crippen LogP contribution in [0.4, 0.5) is 0 Å². The molecule has 1 aliphatic rings. The lowest BCUT2D eigenvalue weighted by molar-refractivity contribution is 0.0650. The van der Waals surface area contributed by atoms with Crippen molar-refractivity contribution in [1.82, 2.24) is 15.2 Å². The van der Waals surface area contributed by atoms with Crippen LogP contribution in [-0.4, -0.2) is 41.5 Å². The summed E-state index contributed by atoms with van der Waals surface area (Å²) in [5.41, 5.74) is 2.85. The number of piperazine rings is 1. The van der Waals surface area contributed by atoms with Crippen LogP contribution >= 0.6 is 11.3 Å². The number of rotatable bonds is 2. The molecule has 0 spiro atoms. The molecule has 5 heteroatoms. The summed E-state index contributed by atoms with van der Waals surface area (Å²) in [6.07, 6.45) is 0. The molecule has 1 aliphatic heterocycles. The average Bonchev–Trinajstić information content (AvgIpc) is 2.97. The van der Waals surface area contributed by atoms with Crippen molar-refractivity contribution in [3.8, 4) is 10.6 Å². The van der Waals surface area contributed by atoms with Crippen molar-refractivity contribution >= 4 is 17.2 Å². The molecular formula is C16H19N3OS. The molecule has 110 valence electrons. The van der Waals surface area contributed by atoms with E-state index in [-0.39, 0.29) is 11.9 Å². The maximum atomic E-state index is 12.6. The molecular weight excluding hydrogens is 282 g/mol. The molecule has 1 atom stereocenters. The topological polar surface area (TPSA) is 45.2 Å². The molecule has 1 amide bonds. The zero-order chi connectivity index (χ0) is 14.8. The molecule has 0 bridgehead atoms. The summed E-state index contributed by atoms with van der Waals surface area (Å²) in [6, 6.07) is 8.35. The number of nitrogens with one attached hydrogen (secondary N) is 1. The molecule has 1 aromatic carbocycles. The summed E-state index contributed by atoms with van der Waals surface area (Å²) in [5.74, 6) is 0.0417. The number of aryl methyl sites for hydroxylation is 1. The Kier molecular flexibility index (Phi) is 4.03. The molecule has 0 aliphatic carbocycles. The van der Waals surface area contributed by atoms with Crippen LogP contribution in [-0.2, 0) is 0 Å². The van der Waals surface area contributed by atoms with Crippen molar-refractivity contribution in [2.45, 2.75) is 19.9 Å². The molecule has 0 radical (unpaired) electrons. The lowest BCUT2D eigenvalue weighted by Crippen LogP contribution is -2.52. The number of nitrogens with zero attached hydrogens (tertiary/aromatic N) is 2. The summed E-state index contributed by atoms with van der Waals surface area (Å²) in [6.45, 7) is 6.58.